The van der Waals surface area contributed by atoms with Gasteiger partial charge in [0.1, 0.15) is 18.1 Å². The van der Waals surface area contributed by atoms with Crippen LogP contribution in [0.5, 0.6) is 11.5 Å². The van der Waals surface area contributed by atoms with E-state index in [9.17, 15) is 8.78 Å². The van der Waals surface area contributed by atoms with E-state index in [-0.39, 0.29) is 6.61 Å². The molecular formula is C15H11BrF2O2. The van der Waals surface area contributed by atoms with E-state index in [1.165, 1.54) is 6.07 Å². The van der Waals surface area contributed by atoms with E-state index in [2.05, 4.69) is 15.9 Å². The van der Waals surface area contributed by atoms with Crippen molar-refractivity contribution < 1.29 is 18.3 Å². The van der Waals surface area contributed by atoms with Gasteiger partial charge in [0.05, 0.1) is 11.1 Å². The molecule has 1 heterocycles. The van der Waals surface area contributed by atoms with Crippen LogP contribution in [-0.4, -0.2) is 6.61 Å². The fraction of sp³-hybridized carbons (Fsp3) is 0.200. The molecule has 0 saturated heterocycles. The van der Waals surface area contributed by atoms with E-state index in [0.717, 1.165) is 34.3 Å². The van der Waals surface area contributed by atoms with Crippen molar-refractivity contribution in [2.45, 2.75) is 13.0 Å². The van der Waals surface area contributed by atoms with Gasteiger partial charge >= 0.3 is 0 Å². The van der Waals surface area contributed by atoms with Crippen molar-refractivity contribution in [2.75, 3.05) is 6.61 Å². The summed E-state index contributed by atoms with van der Waals surface area (Å²) in [4.78, 5) is 0. The molecule has 0 fully saturated rings. The van der Waals surface area contributed by atoms with Crippen LogP contribution in [-0.2, 0) is 13.0 Å². The number of benzene rings is 2. The van der Waals surface area contributed by atoms with Gasteiger partial charge in [0.25, 0.3) is 0 Å². The standard InChI is InChI=1S/C15H11BrF2O2/c16-12-7-11(6-10-3-4-19-15(10)12)20-8-9-1-2-13(17)14(18)5-9/h1-2,5-7H,3-4,8H2. The third-order valence-corrected chi connectivity index (χ3v) is 3.69. The number of halogens is 3. The van der Waals surface area contributed by atoms with Crippen LogP contribution < -0.4 is 9.47 Å². The molecule has 5 heteroatoms. The van der Waals surface area contributed by atoms with Gasteiger partial charge in [0, 0.05) is 12.0 Å². The first kappa shape index (κ1) is 13.4. The number of fused-ring (bicyclic) bond motifs is 1. The topological polar surface area (TPSA) is 18.5 Å². The van der Waals surface area contributed by atoms with Gasteiger partial charge in [-0.1, -0.05) is 6.07 Å². The largest absolute Gasteiger partial charge is 0.492 e. The Morgan fingerprint density at radius 3 is 2.80 bits per heavy atom. The molecule has 20 heavy (non-hydrogen) atoms. The summed E-state index contributed by atoms with van der Waals surface area (Å²) in [5.41, 5.74) is 1.66. The molecule has 2 aromatic carbocycles. The molecule has 0 bridgehead atoms. The van der Waals surface area contributed by atoms with Crippen molar-refractivity contribution in [3.8, 4) is 11.5 Å². The van der Waals surface area contributed by atoms with E-state index >= 15 is 0 Å². The lowest BCUT2D eigenvalue weighted by atomic mass is 10.1. The Labute approximate surface area is 123 Å². The van der Waals surface area contributed by atoms with Gasteiger partial charge < -0.3 is 9.47 Å². The first-order valence-corrected chi connectivity index (χ1v) is 6.95. The predicted octanol–water partition coefficient (Wildman–Crippen LogP) is 4.24. The smallest absolute Gasteiger partial charge is 0.159 e. The Morgan fingerprint density at radius 2 is 2.00 bits per heavy atom. The lowest BCUT2D eigenvalue weighted by Gasteiger charge is -2.09. The molecule has 0 spiro atoms. The van der Waals surface area contributed by atoms with E-state index in [1.54, 1.807) is 0 Å². The second-order valence-electron chi connectivity index (χ2n) is 4.53. The second-order valence-corrected chi connectivity index (χ2v) is 5.38. The highest BCUT2D eigenvalue weighted by molar-refractivity contribution is 9.10. The van der Waals surface area contributed by atoms with Crippen LogP contribution in [0.1, 0.15) is 11.1 Å². The molecule has 0 aromatic heterocycles. The van der Waals surface area contributed by atoms with Crippen LogP contribution in [0.25, 0.3) is 0 Å². The fourth-order valence-corrected chi connectivity index (χ4v) is 2.71. The van der Waals surface area contributed by atoms with Crippen molar-refractivity contribution in [1.82, 2.24) is 0 Å². The molecule has 0 atom stereocenters. The molecule has 0 saturated carbocycles. The lowest BCUT2D eigenvalue weighted by Crippen LogP contribution is -1.97. The van der Waals surface area contributed by atoms with Gasteiger partial charge in [-0.2, -0.15) is 0 Å². The monoisotopic (exact) mass is 340 g/mol. The zero-order valence-electron chi connectivity index (χ0n) is 10.5. The van der Waals surface area contributed by atoms with Gasteiger partial charge in [0.15, 0.2) is 11.6 Å². The normalized spacial score (nSPS) is 12.9. The lowest BCUT2D eigenvalue weighted by molar-refractivity contribution is 0.304. The van der Waals surface area contributed by atoms with Gasteiger partial charge in [-0.3, -0.25) is 0 Å². The summed E-state index contributed by atoms with van der Waals surface area (Å²) < 4.78 is 37.9. The zero-order chi connectivity index (χ0) is 14.1. The van der Waals surface area contributed by atoms with Gasteiger partial charge in [-0.15, -0.1) is 0 Å². The summed E-state index contributed by atoms with van der Waals surface area (Å²) >= 11 is 3.43. The number of ether oxygens (including phenoxy) is 2. The molecule has 104 valence electrons. The molecule has 1 aliphatic rings. The summed E-state index contributed by atoms with van der Waals surface area (Å²) in [5, 5.41) is 0. The SMILES string of the molecule is Fc1ccc(COc2cc(Br)c3c(c2)CCO3)cc1F. The number of hydrogen-bond acceptors (Lipinski definition) is 2. The Kier molecular flexibility index (Phi) is 3.61. The van der Waals surface area contributed by atoms with Crippen LogP contribution in [0, 0.1) is 11.6 Å². The average Bonchev–Trinajstić information content (AvgIpc) is 2.89. The Morgan fingerprint density at radius 1 is 1.15 bits per heavy atom. The van der Waals surface area contributed by atoms with Gasteiger partial charge in [-0.05, 0) is 45.8 Å². The summed E-state index contributed by atoms with van der Waals surface area (Å²) in [5.74, 6) is -0.197. The van der Waals surface area contributed by atoms with Crippen molar-refractivity contribution in [1.29, 1.82) is 0 Å². The highest BCUT2D eigenvalue weighted by Crippen LogP contribution is 2.37. The first-order chi connectivity index (χ1) is 9.63. The van der Waals surface area contributed by atoms with E-state index in [4.69, 9.17) is 9.47 Å². The van der Waals surface area contributed by atoms with E-state index in [1.807, 2.05) is 12.1 Å². The molecule has 1 aliphatic heterocycles. The van der Waals surface area contributed by atoms with Crippen LogP contribution in [0.3, 0.4) is 0 Å². The maximum Gasteiger partial charge on any atom is 0.159 e. The minimum atomic E-state index is -0.866. The van der Waals surface area contributed by atoms with E-state index < -0.39 is 11.6 Å². The predicted molar refractivity (Wildman–Crippen MR) is 74.0 cm³/mol. The van der Waals surface area contributed by atoms with Crippen molar-refractivity contribution in [3.63, 3.8) is 0 Å². The van der Waals surface area contributed by atoms with E-state index in [0.29, 0.717) is 17.9 Å². The van der Waals surface area contributed by atoms with Crippen LogP contribution in [0.4, 0.5) is 8.78 Å². The maximum absolute atomic E-state index is 13.1. The molecule has 0 radical (unpaired) electrons. The minimum Gasteiger partial charge on any atom is -0.492 e. The second kappa shape index (κ2) is 5.40. The highest BCUT2D eigenvalue weighted by Gasteiger charge is 2.17. The van der Waals surface area contributed by atoms with Crippen LogP contribution in [0.15, 0.2) is 34.8 Å². The summed E-state index contributed by atoms with van der Waals surface area (Å²) in [6.07, 6.45) is 0.844. The van der Waals surface area contributed by atoms with Crippen molar-refractivity contribution in [3.05, 3.63) is 57.6 Å². The molecular weight excluding hydrogens is 330 g/mol. The molecule has 2 aromatic rings. The Balaban J connectivity index is 1.75. The molecule has 2 nitrogen and oxygen atoms in total. The molecule has 0 unspecified atom stereocenters. The Bertz CT molecular complexity index is 659. The Hall–Kier alpha value is -1.62. The summed E-state index contributed by atoms with van der Waals surface area (Å²) in [6, 6.07) is 7.46. The molecule has 0 N–H and O–H groups in total. The number of hydrogen-bond donors (Lipinski definition) is 0. The quantitative estimate of drug-likeness (QED) is 0.831. The highest BCUT2D eigenvalue weighted by atomic mass is 79.9. The minimum absolute atomic E-state index is 0.184. The number of rotatable bonds is 3. The third-order valence-electron chi connectivity index (χ3n) is 3.10. The summed E-state index contributed by atoms with van der Waals surface area (Å²) in [7, 11) is 0. The van der Waals surface area contributed by atoms with Crippen LogP contribution in [0.2, 0.25) is 0 Å². The summed E-state index contributed by atoms with van der Waals surface area (Å²) in [6.45, 7) is 0.851. The average molecular weight is 341 g/mol. The zero-order valence-corrected chi connectivity index (χ0v) is 12.0. The van der Waals surface area contributed by atoms with Crippen molar-refractivity contribution in [2.24, 2.45) is 0 Å². The molecule has 3 rings (SSSR count). The molecule has 0 amide bonds. The molecule has 0 aliphatic carbocycles. The van der Waals surface area contributed by atoms with Crippen LogP contribution >= 0.6 is 15.9 Å². The van der Waals surface area contributed by atoms with Gasteiger partial charge in [0.2, 0.25) is 0 Å². The third kappa shape index (κ3) is 2.63. The fourth-order valence-electron chi connectivity index (χ4n) is 2.11. The maximum atomic E-state index is 13.1. The van der Waals surface area contributed by atoms with Gasteiger partial charge in [-0.25, -0.2) is 8.78 Å². The first-order valence-electron chi connectivity index (χ1n) is 6.15. The van der Waals surface area contributed by atoms with Crippen molar-refractivity contribution >= 4 is 15.9 Å².